The van der Waals surface area contributed by atoms with E-state index in [9.17, 15) is 18.0 Å². The van der Waals surface area contributed by atoms with Gasteiger partial charge in [-0.25, -0.2) is 4.98 Å². The van der Waals surface area contributed by atoms with Crippen molar-refractivity contribution in [1.29, 1.82) is 0 Å². The number of alkyl halides is 3. The maximum absolute atomic E-state index is 12.6. The van der Waals surface area contributed by atoms with Crippen molar-refractivity contribution in [3.63, 3.8) is 0 Å². The van der Waals surface area contributed by atoms with Crippen molar-refractivity contribution in [3.8, 4) is 10.6 Å². The topological polar surface area (TPSA) is 46.4 Å². The van der Waals surface area contributed by atoms with E-state index < -0.39 is 17.6 Å². The minimum Gasteiger partial charge on any atom is -0.321 e. The fourth-order valence-electron chi connectivity index (χ4n) is 2.43. The third-order valence-corrected chi connectivity index (χ3v) is 5.42. The van der Waals surface area contributed by atoms with Crippen molar-refractivity contribution in [2.75, 3.05) is 5.32 Å². The first-order valence-electron chi connectivity index (χ1n) is 7.41. The number of thiophene rings is 1. The van der Waals surface area contributed by atoms with Crippen LogP contribution >= 0.6 is 22.7 Å². The minimum absolute atomic E-state index is 0.293. The molecule has 4 aromatic rings. The SMILES string of the molecule is O=C(Nc1ccc(C(F)(F)F)cc1)c1csc2nc(-c3cccs3)cn12. The molecule has 3 heterocycles. The number of amides is 1. The highest BCUT2D eigenvalue weighted by Gasteiger charge is 2.30. The van der Waals surface area contributed by atoms with Gasteiger partial charge < -0.3 is 5.32 Å². The smallest absolute Gasteiger partial charge is 0.321 e. The molecule has 0 aliphatic heterocycles. The fourth-order valence-corrected chi connectivity index (χ4v) is 3.96. The van der Waals surface area contributed by atoms with E-state index in [1.54, 1.807) is 27.3 Å². The Morgan fingerprint density at radius 3 is 2.54 bits per heavy atom. The number of imidazole rings is 1. The number of halogens is 3. The van der Waals surface area contributed by atoms with Crippen LogP contribution in [0.1, 0.15) is 16.1 Å². The zero-order valence-electron chi connectivity index (χ0n) is 12.9. The highest BCUT2D eigenvalue weighted by atomic mass is 32.1. The molecule has 4 nitrogen and oxygen atoms in total. The second kappa shape index (κ2) is 6.26. The molecular weight excluding hydrogens is 383 g/mol. The van der Waals surface area contributed by atoms with Gasteiger partial charge in [0.2, 0.25) is 0 Å². The van der Waals surface area contributed by atoms with Crippen molar-refractivity contribution in [2.45, 2.75) is 6.18 Å². The number of aromatic nitrogens is 2. The van der Waals surface area contributed by atoms with Gasteiger partial charge in [-0.1, -0.05) is 6.07 Å². The number of thiazole rings is 1. The van der Waals surface area contributed by atoms with Gasteiger partial charge in [0.05, 0.1) is 10.4 Å². The van der Waals surface area contributed by atoms with Crippen molar-refractivity contribution >= 4 is 39.2 Å². The molecule has 0 atom stereocenters. The van der Waals surface area contributed by atoms with Gasteiger partial charge in [0.1, 0.15) is 11.4 Å². The average molecular weight is 393 g/mol. The number of benzene rings is 1. The van der Waals surface area contributed by atoms with Crippen LogP contribution in [0.25, 0.3) is 15.5 Å². The summed E-state index contributed by atoms with van der Waals surface area (Å²) in [6, 6.07) is 8.20. The molecule has 0 aliphatic carbocycles. The first-order chi connectivity index (χ1) is 12.4. The first-order valence-corrected chi connectivity index (χ1v) is 9.17. The van der Waals surface area contributed by atoms with Gasteiger partial charge in [-0.15, -0.1) is 22.7 Å². The number of fused-ring (bicyclic) bond motifs is 1. The van der Waals surface area contributed by atoms with Crippen LogP contribution in [0.4, 0.5) is 18.9 Å². The molecule has 26 heavy (non-hydrogen) atoms. The monoisotopic (exact) mass is 393 g/mol. The standard InChI is InChI=1S/C17H10F3N3OS2/c18-17(19,20)10-3-5-11(6-4-10)21-15(24)13-9-26-16-22-12(8-23(13)16)14-2-1-7-25-14/h1-9H,(H,21,24). The third-order valence-electron chi connectivity index (χ3n) is 3.69. The minimum atomic E-state index is -4.41. The predicted octanol–water partition coefficient (Wildman–Crippen LogP) is 5.40. The summed E-state index contributed by atoms with van der Waals surface area (Å²) in [7, 11) is 0. The van der Waals surface area contributed by atoms with Crippen LogP contribution in [0, 0.1) is 0 Å². The van der Waals surface area contributed by atoms with E-state index in [2.05, 4.69) is 10.3 Å². The Hall–Kier alpha value is -2.65. The summed E-state index contributed by atoms with van der Waals surface area (Å²) >= 11 is 2.87. The van der Waals surface area contributed by atoms with Gasteiger partial charge in [0.25, 0.3) is 5.91 Å². The number of carbonyl (C=O) groups excluding carboxylic acids is 1. The number of nitrogens with one attached hydrogen (secondary N) is 1. The van der Waals surface area contributed by atoms with Gasteiger partial charge >= 0.3 is 6.18 Å². The zero-order chi connectivity index (χ0) is 18.3. The third kappa shape index (κ3) is 3.11. The highest BCUT2D eigenvalue weighted by molar-refractivity contribution is 7.15. The van der Waals surface area contributed by atoms with E-state index in [0.29, 0.717) is 16.3 Å². The lowest BCUT2D eigenvalue weighted by atomic mass is 10.2. The molecule has 132 valence electrons. The summed E-state index contributed by atoms with van der Waals surface area (Å²) in [6.07, 6.45) is -2.63. The van der Waals surface area contributed by atoms with Crippen LogP contribution in [0.2, 0.25) is 0 Å². The largest absolute Gasteiger partial charge is 0.416 e. The van der Waals surface area contributed by atoms with Crippen LogP contribution < -0.4 is 5.32 Å². The summed E-state index contributed by atoms with van der Waals surface area (Å²) in [5.41, 5.74) is 0.681. The molecule has 0 saturated carbocycles. The van der Waals surface area contributed by atoms with Crippen molar-refractivity contribution in [2.24, 2.45) is 0 Å². The van der Waals surface area contributed by atoms with E-state index in [0.717, 1.165) is 22.7 Å². The Bertz CT molecular complexity index is 1060. The molecule has 1 N–H and O–H groups in total. The van der Waals surface area contributed by atoms with Crippen LogP contribution in [-0.2, 0) is 6.18 Å². The molecule has 1 amide bonds. The normalized spacial score (nSPS) is 11.8. The summed E-state index contributed by atoms with van der Waals surface area (Å²) in [4.78, 5) is 18.7. The number of rotatable bonds is 3. The highest BCUT2D eigenvalue weighted by Crippen LogP contribution is 2.30. The second-order valence-corrected chi connectivity index (χ2v) is 7.19. The summed E-state index contributed by atoms with van der Waals surface area (Å²) in [5, 5.41) is 6.23. The molecule has 0 fully saturated rings. The van der Waals surface area contributed by atoms with E-state index in [1.807, 2.05) is 17.5 Å². The molecule has 3 aromatic heterocycles. The number of hydrogen-bond acceptors (Lipinski definition) is 4. The van der Waals surface area contributed by atoms with Crippen LogP contribution in [0.15, 0.2) is 53.4 Å². The summed E-state index contributed by atoms with van der Waals surface area (Å²) in [5.74, 6) is -0.411. The molecule has 4 rings (SSSR count). The maximum atomic E-state index is 12.6. The lowest BCUT2D eigenvalue weighted by Crippen LogP contribution is -2.14. The van der Waals surface area contributed by atoms with E-state index >= 15 is 0 Å². The molecule has 0 unspecified atom stereocenters. The van der Waals surface area contributed by atoms with Gasteiger partial charge in [-0.3, -0.25) is 9.20 Å². The average Bonchev–Trinajstić information content (AvgIpc) is 3.30. The Morgan fingerprint density at radius 2 is 1.88 bits per heavy atom. The van der Waals surface area contributed by atoms with Crippen LogP contribution in [0.5, 0.6) is 0 Å². The second-order valence-electron chi connectivity index (χ2n) is 5.41. The van der Waals surface area contributed by atoms with E-state index in [-0.39, 0.29) is 0 Å². The van der Waals surface area contributed by atoms with Crippen LogP contribution in [-0.4, -0.2) is 15.3 Å². The summed E-state index contributed by atoms with van der Waals surface area (Å²) < 4.78 is 39.5. The molecule has 0 radical (unpaired) electrons. The first kappa shape index (κ1) is 16.8. The molecule has 0 spiro atoms. The molecule has 9 heteroatoms. The quantitative estimate of drug-likeness (QED) is 0.507. The maximum Gasteiger partial charge on any atom is 0.416 e. The molecule has 0 aliphatic rings. The number of anilines is 1. The van der Waals surface area contributed by atoms with Gasteiger partial charge in [-0.2, -0.15) is 13.2 Å². The van der Waals surface area contributed by atoms with Gasteiger partial charge in [-0.05, 0) is 35.7 Å². The molecule has 1 aromatic carbocycles. The molecule has 0 bridgehead atoms. The molecular formula is C17H10F3N3OS2. The van der Waals surface area contributed by atoms with E-state index in [1.165, 1.54) is 23.5 Å². The lowest BCUT2D eigenvalue weighted by Gasteiger charge is -2.08. The Balaban J connectivity index is 1.58. The van der Waals surface area contributed by atoms with Crippen molar-refractivity contribution < 1.29 is 18.0 Å². The Morgan fingerprint density at radius 1 is 1.12 bits per heavy atom. The predicted molar refractivity (Wildman–Crippen MR) is 95.8 cm³/mol. The fraction of sp³-hybridized carbons (Fsp3) is 0.0588. The Kier molecular flexibility index (Phi) is 4.04. The lowest BCUT2D eigenvalue weighted by molar-refractivity contribution is -0.137. The van der Waals surface area contributed by atoms with Crippen molar-refractivity contribution in [1.82, 2.24) is 9.38 Å². The van der Waals surface area contributed by atoms with Gasteiger partial charge in [0.15, 0.2) is 4.96 Å². The van der Waals surface area contributed by atoms with E-state index in [4.69, 9.17) is 0 Å². The van der Waals surface area contributed by atoms with Gasteiger partial charge in [0, 0.05) is 17.3 Å². The summed E-state index contributed by atoms with van der Waals surface area (Å²) in [6.45, 7) is 0. The number of carbonyl (C=O) groups is 1. The number of hydrogen-bond donors (Lipinski definition) is 1. The number of nitrogens with zero attached hydrogens (tertiary/aromatic N) is 2. The zero-order valence-corrected chi connectivity index (χ0v) is 14.6. The van der Waals surface area contributed by atoms with Crippen LogP contribution in [0.3, 0.4) is 0 Å². The molecule has 0 saturated heterocycles. The Labute approximate surface area is 153 Å². The van der Waals surface area contributed by atoms with Crippen molar-refractivity contribution in [3.05, 3.63) is 64.6 Å².